The maximum Gasteiger partial charge on any atom is 0.223 e. The molecule has 0 atom stereocenters. The highest BCUT2D eigenvalue weighted by molar-refractivity contribution is 5.94. The maximum atomic E-state index is 11.3. The second-order valence-corrected chi connectivity index (χ2v) is 4.85. The highest BCUT2D eigenvalue weighted by atomic mass is 16.1. The van der Waals surface area contributed by atoms with E-state index < -0.39 is 0 Å². The van der Waals surface area contributed by atoms with E-state index in [-0.39, 0.29) is 5.78 Å². The average molecular weight is 270 g/mol. The lowest BCUT2D eigenvalue weighted by atomic mass is 10.1. The number of aromatic nitrogens is 3. The van der Waals surface area contributed by atoms with Gasteiger partial charge in [-0.15, -0.1) is 0 Å². The van der Waals surface area contributed by atoms with Crippen molar-refractivity contribution in [3.05, 3.63) is 46.5 Å². The van der Waals surface area contributed by atoms with E-state index in [1.807, 2.05) is 20.0 Å². The number of hydrogen-bond donors (Lipinski definition) is 1. The molecule has 5 heteroatoms. The van der Waals surface area contributed by atoms with Crippen molar-refractivity contribution in [2.45, 2.75) is 34.2 Å². The zero-order valence-corrected chi connectivity index (χ0v) is 12.2. The van der Waals surface area contributed by atoms with Gasteiger partial charge >= 0.3 is 0 Å². The molecule has 0 saturated heterocycles. The van der Waals surface area contributed by atoms with E-state index in [4.69, 9.17) is 0 Å². The Balaban J connectivity index is 2.09. The van der Waals surface area contributed by atoms with Gasteiger partial charge in [-0.3, -0.25) is 9.78 Å². The number of Topliss-reactive ketones (excluding diaryl/α,β-unsaturated/α-hetero) is 1. The Morgan fingerprint density at radius 3 is 2.50 bits per heavy atom. The molecule has 0 aliphatic rings. The molecule has 2 aromatic heterocycles. The van der Waals surface area contributed by atoms with Crippen LogP contribution in [0.15, 0.2) is 18.5 Å². The average Bonchev–Trinajstić information content (AvgIpc) is 2.40. The molecular formula is C15H18N4O. The molecule has 2 rings (SSSR count). The quantitative estimate of drug-likeness (QED) is 0.865. The number of anilines is 1. The Morgan fingerprint density at radius 1 is 1.15 bits per heavy atom. The minimum Gasteiger partial charge on any atom is -0.350 e. The topological polar surface area (TPSA) is 67.8 Å². The SMILES string of the molecule is CC(=O)c1cnc(NCc2cnc(C)c(C)c2)nc1C. The van der Waals surface area contributed by atoms with Crippen LogP contribution in [0.3, 0.4) is 0 Å². The predicted molar refractivity (Wildman–Crippen MR) is 77.8 cm³/mol. The number of pyridine rings is 1. The van der Waals surface area contributed by atoms with Crippen LogP contribution in [0.4, 0.5) is 5.95 Å². The number of carbonyl (C=O) groups excluding carboxylic acids is 1. The lowest BCUT2D eigenvalue weighted by molar-refractivity contribution is 0.101. The largest absolute Gasteiger partial charge is 0.350 e. The Hall–Kier alpha value is -2.30. The molecule has 0 fully saturated rings. The lowest BCUT2D eigenvalue weighted by Crippen LogP contribution is -2.08. The molecule has 2 aromatic rings. The van der Waals surface area contributed by atoms with Crippen molar-refractivity contribution in [2.24, 2.45) is 0 Å². The fourth-order valence-electron chi connectivity index (χ4n) is 1.88. The monoisotopic (exact) mass is 270 g/mol. The summed E-state index contributed by atoms with van der Waals surface area (Å²) in [4.78, 5) is 24.1. The van der Waals surface area contributed by atoms with E-state index >= 15 is 0 Å². The second kappa shape index (κ2) is 5.77. The first-order valence-corrected chi connectivity index (χ1v) is 6.48. The number of nitrogens with zero attached hydrogens (tertiary/aromatic N) is 3. The van der Waals surface area contributed by atoms with E-state index in [1.54, 1.807) is 13.1 Å². The van der Waals surface area contributed by atoms with Gasteiger partial charge in [-0.1, -0.05) is 6.07 Å². The van der Waals surface area contributed by atoms with Crippen molar-refractivity contribution in [3.8, 4) is 0 Å². The van der Waals surface area contributed by atoms with E-state index in [0.717, 1.165) is 16.8 Å². The summed E-state index contributed by atoms with van der Waals surface area (Å²) < 4.78 is 0. The highest BCUT2D eigenvalue weighted by Gasteiger charge is 2.07. The molecule has 1 N–H and O–H groups in total. The fraction of sp³-hybridized carbons (Fsp3) is 0.333. The van der Waals surface area contributed by atoms with Crippen molar-refractivity contribution in [3.63, 3.8) is 0 Å². The van der Waals surface area contributed by atoms with Gasteiger partial charge in [0.2, 0.25) is 5.95 Å². The van der Waals surface area contributed by atoms with Gasteiger partial charge in [0.25, 0.3) is 0 Å². The molecule has 20 heavy (non-hydrogen) atoms. The van der Waals surface area contributed by atoms with E-state index in [1.165, 1.54) is 6.92 Å². The molecule has 2 heterocycles. The number of nitrogens with one attached hydrogen (secondary N) is 1. The standard InChI is InChI=1S/C15H18N4O/c1-9-5-13(6-16-10(9)2)7-17-15-18-8-14(12(4)20)11(3)19-15/h5-6,8H,7H2,1-4H3,(H,17,18,19). The third-order valence-corrected chi connectivity index (χ3v) is 3.21. The van der Waals surface area contributed by atoms with Crippen molar-refractivity contribution in [1.29, 1.82) is 0 Å². The number of carbonyl (C=O) groups is 1. The first kappa shape index (κ1) is 14.1. The van der Waals surface area contributed by atoms with E-state index in [9.17, 15) is 4.79 Å². The van der Waals surface area contributed by atoms with Gasteiger partial charge in [-0.25, -0.2) is 9.97 Å². The van der Waals surface area contributed by atoms with Crippen LogP contribution in [-0.4, -0.2) is 20.7 Å². The fourth-order valence-corrected chi connectivity index (χ4v) is 1.88. The first-order valence-electron chi connectivity index (χ1n) is 6.48. The maximum absolute atomic E-state index is 11.3. The van der Waals surface area contributed by atoms with Gasteiger partial charge in [0.15, 0.2) is 5.78 Å². The van der Waals surface area contributed by atoms with Crippen LogP contribution in [0, 0.1) is 20.8 Å². The van der Waals surface area contributed by atoms with Crippen LogP contribution < -0.4 is 5.32 Å². The van der Waals surface area contributed by atoms with Crippen molar-refractivity contribution >= 4 is 11.7 Å². The predicted octanol–water partition coefficient (Wildman–Crippen LogP) is 2.61. The minimum absolute atomic E-state index is 0.0209. The summed E-state index contributed by atoms with van der Waals surface area (Å²) in [7, 11) is 0. The van der Waals surface area contributed by atoms with Crippen LogP contribution in [-0.2, 0) is 6.54 Å². The summed E-state index contributed by atoms with van der Waals surface area (Å²) in [6.45, 7) is 7.95. The molecule has 104 valence electrons. The molecule has 0 aliphatic carbocycles. The Bertz CT molecular complexity index is 652. The first-order chi connectivity index (χ1) is 9.47. The minimum atomic E-state index is -0.0209. The van der Waals surface area contributed by atoms with Crippen LogP contribution >= 0.6 is 0 Å². The van der Waals surface area contributed by atoms with Crippen LogP contribution in [0.1, 0.15) is 39.8 Å². The summed E-state index contributed by atoms with van der Waals surface area (Å²) in [5.41, 5.74) is 4.52. The molecule has 5 nitrogen and oxygen atoms in total. The molecule has 0 unspecified atom stereocenters. The van der Waals surface area contributed by atoms with Crippen LogP contribution in [0.25, 0.3) is 0 Å². The van der Waals surface area contributed by atoms with Gasteiger partial charge in [0, 0.05) is 24.6 Å². The third kappa shape index (κ3) is 3.17. The van der Waals surface area contributed by atoms with Gasteiger partial charge in [0.1, 0.15) is 0 Å². The number of ketones is 1. The van der Waals surface area contributed by atoms with E-state index in [0.29, 0.717) is 23.8 Å². The normalized spacial score (nSPS) is 10.4. The van der Waals surface area contributed by atoms with Crippen molar-refractivity contribution in [1.82, 2.24) is 15.0 Å². The summed E-state index contributed by atoms with van der Waals surface area (Å²) in [6.07, 6.45) is 3.40. The van der Waals surface area contributed by atoms with Gasteiger partial charge in [0.05, 0.1) is 11.3 Å². The van der Waals surface area contributed by atoms with E-state index in [2.05, 4.69) is 26.3 Å². The molecular weight excluding hydrogens is 252 g/mol. The van der Waals surface area contributed by atoms with Crippen molar-refractivity contribution in [2.75, 3.05) is 5.32 Å². The Labute approximate surface area is 118 Å². The second-order valence-electron chi connectivity index (χ2n) is 4.85. The van der Waals surface area contributed by atoms with Crippen LogP contribution in [0.2, 0.25) is 0 Å². The molecule has 0 saturated carbocycles. The van der Waals surface area contributed by atoms with Gasteiger partial charge in [-0.2, -0.15) is 0 Å². The number of rotatable bonds is 4. The Kier molecular flexibility index (Phi) is 4.08. The molecule has 0 aliphatic heterocycles. The Morgan fingerprint density at radius 2 is 1.90 bits per heavy atom. The summed E-state index contributed by atoms with van der Waals surface area (Å²) >= 11 is 0. The highest BCUT2D eigenvalue weighted by Crippen LogP contribution is 2.10. The van der Waals surface area contributed by atoms with Crippen molar-refractivity contribution < 1.29 is 4.79 Å². The molecule has 0 spiro atoms. The molecule has 0 radical (unpaired) electrons. The summed E-state index contributed by atoms with van der Waals surface area (Å²) in [5.74, 6) is 0.498. The summed E-state index contributed by atoms with van der Waals surface area (Å²) in [5, 5.41) is 3.14. The molecule has 0 amide bonds. The van der Waals surface area contributed by atoms with Gasteiger partial charge < -0.3 is 5.32 Å². The molecule has 0 bridgehead atoms. The number of aryl methyl sites for hydroxylation is 3. The molecule has 0 aromatic carbocycles. The van der Waals surface area contributed by atoms with Gasteiger partial charge in [-0.05, 0) is 38.8 Å². The number of hydrogen-bond acceptors (Lipinski definition) is 5. The zero-order valence-electron chi connectivity index (χ0n) is 12.2. The van der Waals surface area contributed by atoms with Crippen LogP contribution in [0.5, 0.6) is 0 Å². The lowest BCUT2D eigenvalue weighted by Gasteiger charge is -2.08. The summed E-state index contributed by atoms with van der Waals surface area (Å²) in [6, 6.07) is 2.09. The third-order valence-electron chi connectivity index (χ3n) is 3.21. The zero-order chi connectivity index (χ0) is 14.7. The smallest absolute Gasteiger partial charge is 0.223 e.